The minimum Gasteiger partial charge on any atom is -0.368 e. The summed E-state index contributed by atoms with van der Waals surface area (Å²) in [4.78, 5) is 20.4. The highest BCUT2D eigenvalue weighted by Crippen LogP contribution is 2.18. The van der Waals surface area contributed by atoms with Gasteiger partial charge in [-0.2, -0.15) is 0 Å². The monoisotopic (exact) mass is 440 g/mol. The number of carbonyl (C=O) groups is 1. The normalized spacial score (nSPS) is 16.0. The molecule has 0 saturated carbocycles. The van der Waals surface area contributed by atoms with Crippen molar-refractivity contribution in [1.82, 2.24) is 35.6 Å². The Morgan fingerprint density at radius 1 is 1.31 bits per heavy atom. The third-order valence-electron chi connectivity index (χ3n) is 4.89. The quantitative estimate of drug-likeness (QED) is 0.448. The Morgan fingerprint density at radius 2 is 2.19 bits per heavy atom. The molecule has 1 aliphatic rings. The average molecular weight is 440 g/mol. The van der Waals surface area contributed by atoms with Gasteiger partial charge in [0.2, 0.25) is 5.91 Å². The van der Waals surface area contributed by atoms with Gasteiger partial charge in [0.05, 0.1) is 25.5 Å². The van der Waals surface area contributed by atoms with Crippen molar-refractivity contribution in [2.75, 3.05) is 31.6 Å². The molecule has 1 aliphatic heterocycles. The molecular weight excluding hydrogens is 415 g/mol. The van der Waals surface area contributed by atoms with Crippen LogP contribution in [0, 0.1) is 5.82 Å². The van der Waals surface area contributed by atoms with E-state index in [0.717, 1.165) is 24.7 Å². The molecule has 0 radical (unpaired) electrons. The van der Waals surface area contributed by atoms with Crippen LogP contribution in [0.1, 0.15) is 23.2 Å². The number of ether oxygens (including phenoxy) is 1. The number of carbonyl (C=O) groups excluding carboxylic acids is 1. The summed E-state index contributed by atoms with van der Waals surface area (Å²) in [5.74, 6) is -0.241. The number of amides is 1. The lowest BCUT2D eigenvalue weighted by atomic mass is 10.1. The number of anilines is 1. The van der Waals surface area contributed by atoms with Crippen LogP contribution in [0.4, 0.5) is 10.2 Å². The Bertz CT molecular complexity index is 1020. The van der Waals surface area contributed by atoms with Crippen molar-refractivity contribution >= 4 is 11.7 Å². The third kappa shape index (κ3) is 6.05. The summed E-state index contributed by atoms with van der Waals surface area (Å²) in [6, 6.07) is 9.94. The Labute approximate surface area is 184 Å². The van der Waals surface area contributed by atoms with Gasteiger partial charge in [-0.15, -0.1) is 5.10 Å². The highest BCUT2D eigenvalue weighted by Gasteiger charge is 2.20. The molecule has 11 heteroatoms. The molecule has 3 aromatic rings. The molecular formula is C21H25FN8O2. The van der Waals surface area contributed by atoms with E-state index in [2.05, 4.69) is 36.2 Å². The molecule has 0 bridgehead atoms. The molecule has 32 heavy (non-hydrogen) atoms. The van der Waals surface area contributed by atoms with Crippen molar-refractivity contribution in [2.24, 2.45) is 0 Å². The van der Waals surface area contributed by atoms with Crippen molar-refractivity contribution in [1.29, 1.82) is 0 Å². The van der Waals surface area contributed by atoms with Crippen LogP contribution in [-0.2, 0) is 29.0 Å². The maximum Gasteiger partial charge on any atom is 0.241 e. The lowest BCUT2D eigenvalue weighted by Crippen LogP contribution is -2.34. The summed E-state index contributed by atoms with van der Waals surface area (Å²) < 4.78 is 21.2. The van der Waals surface area contributed by atoms with Gasteiger partial charge in [-0.25, -0.2) is 19.0 Å². The Hall–Kier alpha value is -3.44. The van der Waals surface area contributed by atoms with Crippen LogP contribution in [0.25, 0.3) is 0 Å². The Balaban J connectivity index is 1.25. The molecule has 3 N–H and O–H groups in total. The van der Waals surface area contributed by atoms with E-state index in [-0.39, 0.29) is 30.9 Å². The number of nitrogens with one attached hydrogen (secondary N) is 3. The zero-order chi connectivity index (χ0) is 22.2. The highest BCUT2D eigenvalue weighted by molar-refractivity contribution is 5.75. The standard InChI is InChI=1S/C21H25FN8O2/c22-17-11-26-21(18-12-23-8-9-32-18)27-20(17)25-10-16-13-30(29-28-16)14-19(31)24-7-6-15-4-2-1-3-5-15/h1-5,11,13,18,23H,6-10,12,14H2,(H,24,31)(H,25,26,27). The van der Waals surface area contributed by atoms with Gasteiger partial charge in [0.25, 0.3) is 0 Å². The summed E-state index contributed by atoms with van der Waals surface area (Å²) in [5.41, 5.74) is 1.71. The molecule has 4 rings (SSSR count). The fraction of sp³-hybridized carbons (Fsp3) is 0.381. The highest BCUT2D eigenvalue weighted by atomic mass is 19.1. The lowest BCUT2D eigenvalue weighted by molar-refractivity contribution is -0.121. The van der Waals surface area contributed by atoms with Gasteiger partial charge in [0.1, 0.15) is 18.3 Å². The zero-order valence-corrected chi connectivity index (χ0v) is 17.5. The van der Waals surface area contributed by atoms with Gasteiger partial charge in [-0.05, 0) is 12.0 Å². The largest absolute Gasteiger partial charge is 0.368 e. The molecule has 1 atom stereocenters. The molecule has 1 aromatic carbocycles. The first-order valence-corrected chi connectivity index (χ1v) is 10.5. The number of morpholine rings is 1. The number of rotatable bonds is 9. The van der Waals surface area contributed by atoms with Crippen LogP contribution in [-0.4, -0.2) is 57.1 Å². The summed E-state index contributed by atoms with van der Waals surface area (Å²) in [6.45, 7) is 2.70. The lowest BCUT2D eigenvalue weighted by Gasteiger charge is -2.22. The van der Waals surface area contributed by atoms with E-state index in [1.807, 2.05) is 30.3 Å². The summed E-state index contributed by atoms with van der Waals surface area (Å²) in [7, 11) is 0. The van der Waals surface area contributed by atoms with Crippen LogP contribution < -0.4 is 16.0 Å². The number of aromatic nitrogens is 5. The van der Waals surface area contributed by atoms with E-state index in [0.29, 0.717) is 31.2 Å². The maximum atomic E-state index is 14.1. The van der Waals surface area contributed by atoms with E-state index >= 15 is 0 Å². The molecule has 3 heterocycles. The van der Waals surface area contributed by atoms with Crippen molar-refractivity contribution in [3.8, 4) is 0 Å². The van der Waals surface area contributed by atoms with Gasteiger partial charge in [0.15, 0.2) is 17.5 Å². The fourth-order valence-corrected chi connectivity index (χ4v) is 3.26. The van der Waals surface area contributed by atoms with E-state index in [1.54, 1.807) is 6.20 Å². The van der Waals surface area contributed by atoms with Gasteiger partial charge in [-0.3, -0.25) is 4.79 Å². The summed E-state index contributed by atoms with van der Waals surface area (Å²) >= 11 is 0. The zero-order valence-electron chi connectivity index (χ0n) is 17.5. The summed E-state index contributed by atoms with van der Waals surface area (Å²) in [6.07, 6.45) is 3.20. The topological polar surface area (TPSA) is 119 Å². The first-order valence-electron chi connectivity index (χ1n) is 10.5. The van der Waals surface area contributed by atoms with Gasteiger partial charge in [0, 0.05) is 19.6 Å². The van der Waals surface area contributed by atoms with E-state index in [9.17, 15) is 9.18 Å². The molecule has 168 valence electrons. The van der Waals surface area contributed by atoms with E-state index in [1.165, 1.54) is 4.68 Å². The van der Waals surface area contributed by atoms with Crippen molar-refractivity contribution in [2.45, 2.75) is 25.6 Å². The number of benzene rings is 1. The Kier molecular flexibility index (Phi) is 7.31. The van der Waals surface area contributed by atoms with E-state index < -0.39 is 5.82 Å². The molecule has 1 unspecified atom stereocenters. The van der Waals surface area contributed by atoms with Crippen LogP contribution >= 0.6 is 0 Å². The van der Waals surface area contributed by atoms with Crippen LogP contribution in [0.15, 0.2) is 42.7 Å². The summed E-state index contributed by atoms with van der Waals surface area (Å²) in [5, 5.41) is 16.9. The minimum absolute atomic E-state index is 0.0554. The molecule has 2 aromatic heterocycles. The second-order valence-electron chi connectivity index (χ2n) is 7.33. The molecule has 1 fully saturated rings. The van der Waals surface area contributed by atoms with Crippen LogP contribution in [0.5, 0.6) is 0 Å². The van der Waals surface area contributed by atoms with Crippen molar-refractivity contribution in [3.63, 3.8) is 0 Å². The average Bonchev–Trinajstić information content (AvgIpc) is 3.27. The van der Waals surface area contributed by atoms with Gasteiger partial charge >= 0.3 is 0 Å². The van der Waals surface area contributed by atoms with Gasteiger partial charge in [-0.1, -0.05) is 35.5 Å². The van der Waals surface area contributed by atoms with E-state index in [4.69, 9.17) is 4.74 Å². The number of halogens is 1. The first-order chi connectivity index (χ1) is 15.7. The molecule has 0 spiro atoms. The third-order valence-corrected chi connectivity index (χ3v) is 4.89. The molecule has 1 amide bonds. The molecule has 0 aliphatic carbocycles. The van der Waals surface area contributed by atoms with Crippen LogP contribution in [0.3, 0.4) is 0 Å². The predicted molar refractivity (Wildman–Crippen MR) is 114 cm³/mol. The maximum absolute atomic E-state index is 14.1. The minimum atomic E-state index is -0.567. The first kappa shape index (κ1) is 21.8. The molecule has 10 nitrogen and oxygen atoms in total. The van der Waals surface area contributed by atoms with Crippen molar-refractivity contribution in [3.05, 3.63) is 65.6 Å². The second-order valence-corrected chi connectivity index (χ2v) is 7.33. The number of nitrogens with zero attached hydrogens (tertiary/aromatic N) is 5. The molecule has 1 saturated heterocycles. The second kappa shape index (κ2) is 10.7. The number of hydrogen-bond acceptors (Lipinski definition) is 8. The predicted octanol–water partition coefficient (Wildman–Crippen LogP) is 0.839. The SMILES string of the molecule is O=C(Cn1cc(CNc2nc(C3CNCCO3)ncc2F)nn1)NCCc1ccccc1. The Morgan fingerprint density at radius 3 is 3.00 bits per heavy atom. The van der Waals surface area contributed by atoms with Crippen molar-refractivity contribution < 1.29 is 13.9 Å². The fourth-order valence-electron chi connectivity index (χ4n) is 3.26. The smallest absolute Gasteiger partial charge is 0.241 e. The number of hydrogen-bond donors (Lipinski definition) is 3. The van der Waals surface area contributed by atoms with Crippen LogP contribution in [0.2, 0.25) is 0 Å². The van der Waals surface area contributed by atoms with Gasteiger partial charge < -0.3 is 20.7 Å².